The molecule has 1 aromatic heterocycles. The highest BCUT2D eigenvalue weighted by atomic mass is 32.1. The van der Waals surface area contributed by atoms with Crippen molar-refractivity contribution in [3.63, 3.8) is 0 Å². The van der Waals surface area contributed by atoms with Crippen molar-refractivity contribution in [3.8, 4) is 0 Å². The number of nitrogens with one attached hydrogen (secondary N) is 1. The largest absolute Gasteiger partial charge is 0.354 e. The molecule has 1 aliphatic heterocycles. The van der Waals surface area contributed by atoms with Crippen LogP contribution in [0.1, 0.15) is 48.9 Å². The van der Waals surface area contributed by atoms with Gasteiger partial charge in [-0.25, -0.2) is 0 Å². The number of hydrogen-bond donors (Lipinski definition) is 1. The molecule has 1 fully saturated rings. The molecule has 140 valence electrons. The maximum atomic E-state index is 5.52. The molecular weight excluding hydrogens is 340 g/mol. The summed E-state index contributed by atoms with van der Waals surface area (Å²) in [6, 6.07) is 7.47. The van der Waals surface area contributed by atoms with E-state index in [0.29, 0.717) is 12.0 Å². The molecule has 2 heterocycles. The summed E-state index contributed by atoms with van der Waals surface area (Å²) in [6.45, 7) is 7.00. The standard InChI is InChI=1S/C21H30N4S/c1-5-11-24-12-7-9-15-16-8-6-10-18-20(16)17(13-19(15)24)14(2)25(18)22-21(26)23(3)4/h6,8,10,15,19H,5,7,9,11-13H2,1-4H3,(H,22,26)/t15-,19-/m1/s1. The van der Waals surface area contributed by atoms with Crippen LogP contribution in [0.3, 0.4) is 0 Å². The summed E-state index contributed by atoms with van der Waals surface area (Å²) in [6.07, 6.45) is 5.03. The molecule has 1 aliphatic carbocycles. The normalized spacial score (nSPS) is 22.3. The Morgan fingerprint density at radius 2 is 2.15 bits per heavy atom. The Bertz CT molecular complexity index is 836. The maximum Gasteiger partial charge on any atom is 0.187 e. The predicted octanol–water partition coefficient (Wildman–Crippen LogP) is 3.85. The number of fused-ring (bicyclic) bond motifs is 2. The van der Waals surface area contributed by atoms with E-state index in [1.165, 1.54) is 54.5 Å². The zero-order valence-electron chi connectivity index (χ0n) is 16.4. The second-order valence-electron chi connectivity index (χ2n) is 8.01. The van der Waals surface area contributed by atoms with Crippen molar-refractivity contribution in [2.24, 2.45) is 0 Å². The third kappa shape index (κ3) is 2.72. The van der Waals surface area contributed by atoms with Gasteiger partial charge in [0.25, 0.3) is 0 Å². The Morgan fingerprint density at radius 3 is 2.88 bits per heavy atom. The zero-order valence-corrected chi connectivity index (χ0v) is 17.2. The molecule has 2 aromatic rings. The van der Waals surface area contributed by atoms with Gasteiger partial charge in [-0.2, -0.15) is 0 Å². The Morgan fingerprint density at radius 1 is 1.35 bits per heavy atom. The number of piperidine rings is 1. The van der Waals surface area contributed by atoms with Crippen LogP contribution in [-0.4, -0.2) is 52.8 Å². The first-order chi connectivity index (χ1) is 12.5. The third-order valence-electron chi connectivity index (χ3n) is 6.22. The van der Waals surface area contributed by atoms with Crippen molar-refractivity contribution < 1.29 is 0 Å². The number of rotatable bonds is 3. The van der Waals surface area contributed by atoms with Gasteiger partial charge in [0.15, 0.2) is 5.11 Å². The van der Waals surface area contributed by atoms with Gasteiger partial charge < -0.3 is 4.90 Å². The first-order valence-electron chi connectivity index (χ1n) is 9.88. The van der Waals surface area contributed by atoms with Crippen LogP contribution in [0.4, 0.5) is 0 Å². The number of hydrogen-bond acceptors (Lipinski definition) is 2. The lowest BCUT2D eigenvalue weighted by Gasteiger charge is -2.44. The topological polar surface area (TPSA) is 23.4 Å². The van der Waals surface area contributed by atoms with Crippen LogP contribution in [0.25, 0.3) is 10.9 Å². The lowest BCUT2D eigenvalue weighted by Crippen LogP contribution is -2.47. The van der Waals surface area contributed by atoms with Gasteiger partial charge in [0.1, 0.15) is 0 Å². The van der Waals surface area contributed by atoms with Crippen molar-refractivity contribution in [1.82, 2.24) is 14.5 Å². The van der Waals surface area contributed by atoms with Gasteiger partial charge in [-0.3, -0.25) is 15.0 Å². The number of thiocarbonyl (C=S) groups is 1. The van der Waals surface area contributed by atoms with E-state index >= 15 is 0 Å². The van der Waals surface area contributed by atoms with Crippen LogP contribution in [0.15, 0.2) is 18.2 Å². The summed E-state index contributed by atoms with van der Waals surface area (Å²) < 4.78 is 2.21. The van der Waals surface area contributed by atoms with E-state index in [-0.39, 0.29) is 0 Å². The molecule has 0 radical (unpaired) electrons. The van der Waals surface area contributed by atoms with Crippen LogP contribution in [0.5, 0.6) is 0 Å². The molecule has 0 amide bonds. The third-order valence-corrected chi connectivity index (χ3v) is 6.68. The second-order valence-corrected chi connectivity index (χ2v) is 8.39. The van der Waals surface area contributed by atoms with Gasteiger partial charge in [-0.1, -0.05) is 19.1 Å². The predicted molar refractivity (Wildman–Crippen MR) is 114 cm³/mol. The molecule has 4 rings (SSSR count). The summed E-state index contributed by atoms with van der Waals surface area (Å²) in [5.74, 6) is 0.669. The molecule has 1 N–H and O–H groups in total. The van der Waals surface area contributed by atoms with Gasteiger partial charge >= 0.3 is 0 Å². The smallest absolute Gasteiger partial charge is 0.187 e. The van der Waals surface area contributed by atoms with E-state index in [4.69, 9.17) is 12.2 Å². The highest BCUT2D eigenvalue weighted by Gasteiger charge is 2.38. The molecule has 0 spiro atoms. The van der Waals surface area contributed by atoms with E-state index in [1.54, 1.807) is 5.56 Å². The van der Waals surface area contributed by atoms with E-state index in [9.17, 15) is 0 Å². The summed E-state index contributed by atoms with van der Waals surface area (Å²) >= 11 is 5.52. The number of nitrogens with zero attached hydrogens (tertiary/aromatic N) is 3. The summed E-state index contributed by atoms with van der Waals surface area (Å²) in [4.78, 5) is 4.69. The maximum absolute atomic E-state index is 5.52. The fourth-order valence-corrected chi connectivity index (χ4v) is 5.09. The average Bonchev–Trinajstić information content (AvgIpc) is 2.90. The van der Waals surface area contributed by atoms with E-state index in [0.717, 1.165) is 11.5 Å². The fourth-order valence-electron chi connectivity index (χ4n) is 5.00. The van der Waals surface area contributed by atoms with Crippen LogP contribution in [0.2, 0.25) is 0 Å². The van der Waals surface area contributed by atoms with E-state index in [1.807, 2.05) is 19.0 Å². The Kier molecular flexibility index (Phi) is 4.70. The number of benzene rings is 1. The molecule has 0 bridgehead atoms. The van der Waals surface area contributed by atoms with Crippen molar-refractivity contribution in [1.29, 1.82) is 0 Å². The van der Waals surface area contributed by atoms with E-state index < -0.39 is 0 Å². The molecule has 1 aromatic carbocycles. The number of aromatic nitrogens is 1. The molecule has 0 saturated carbocycles. The minimum atomic E-state index is 0.650. The minimum absolute atomic E-state index is 0.650. The highest BCUT2D eigenvalue weighted by Crippen LogP contribution is 2.45. The summed E-state index contributed by atoms with van der Waals surface area (Å²) in [5, 5.41) is 2.21. The lowest BCUT2D eigenvalue weighted by atomic mass is 9.74. The van der Waals surface area contributed by atoms with Crippen LogP contribution >= 0.6 is 12.2 Å². The molecular formula is C21H30N4S. The average molecular weight is 371 g/mol. The first kappa shape index (κ1) is 17.8. The lowest BCUT2D eigenvalue weighted by molar-refractivity contribution is 0.124. The van der Waals surface area contributed by atoms with E-state index in [2.05, 4.69) is 47.0 Å². The SMILES string of the molecule is CCCN1CCC[C@@H]2c3cccc4c3c(c(C)n4NC(=S)N(C)C)C[C@H]21. The first-order valence-corrected chi connectivity index (χ1v) is 10.3. The highest BCUT2D eigenvalue weighted by molar-refractivity contribution is 7.80. The molecule has 5 heteroatoms. The van der Waals surface area contributed by atoms with Crippen LogP contribution < -0.4 is 5.43 Å². The Labute approximate surface area is 162 Å². The molecule has 1 saturated heterocycles. The van der Waals surface area contributed by atoms with Crippen molar-refractivity contribution in [2.45, 2.75) is 51.5 Å². The van der Waals surface area contributed by atoms with Gasteiger partial charge in [0.2, 0.25) is 0 Å². The molecule has 0 unspecified atom stereocenters. The van der Waals surface area contributed by atoms with Gasteiger partial charge in [-0.15, -0.1) is 0 Å². The van der Waals surface area contributed by atoms with Crippen molar-refractivity contribution in [2.75, 3.05) is 32.6 Å². The Hall–Kier alpha value is -1.59. The van der Waals surface area contributed by atoms with Crippen LogP contribution in [-0.2, 0) is 6.42 Å². The monoisotopic (exact) mass is 370 g/mol. The minimum Gasteiger partial charge on any atom is -0.354 e. The van der Waals surface area contributed by atoms with Crippen LogP contribution in [0, 0.1) is 6.92 Å². The molecule has 2 aliphatic rings. The Balaban J connectivity index is 1.82. The van der Waals surface area contributed by atoms with Crippen molar-refractivity contribution >= 4 is 28.2 Å². The second kappa shape index (κ2) is 6.86. The number of likely N-dealkylation sites (tertiary alicyclic amines) is 1. The quantitative estimate of drug-likeness (QED) is 0.829. The molecule has 4 nitrogen and oxygen atoms in total. The van der Waals surface area contributed by atoms with Gasteiger partial charge in [0, 0.05) is 37.1 Å². The molecule has 26 heavy (non-hydrogen) atoms. The van der Waals surface area contributed by atoms with Gasteiger partial charge in [-0.05, 0) is 75.1 Å². The van der Waals surface area contributed by atoms with Gasteiger partial charge in [0.05, 0.1) is 5.52 Å². The summed E-state index contributed by atoms with van der Waals surface area (Å²) in [7, 11) is 3.97. The summed E-state index contributed by atoms with van der Waals surface area (Å²) in [5.41, 5.74) is 9.07. The van der Waals surface area contributed by atoms with Crippen molar-refractivity contribution in [3.05, 3.63) is 35.0 Å². The molecule has 2 atom stereocenters. The fraction of sp³-hybridized carbons (Fsp3) is 0.571. The zero-order chi connectivity index (χ0) is 18.4.